The van der Waals surface area contributed by atoms with Gasteiger partial charge in [0.05, 0.1) is 34.2 Å². The highest BCUT2D eigenvalue weighted by Gasteiger charge is 2.18. The third-order valence-corrected chi connectivity index (χ3v) is 5.75. The largest absolute Gasteiger partial charge is 0.493 e. The SMILES string of the molecule is COc1ccc(/C(=N/OCCCS(=O)(=O)O)c2nccc3cc(OC)c(OC)cc23)cc1OC. The minimum absolute atomic E-state index is 0.0293. The summed E-state index contributed by atoms with van der Waals surface area (Å²) < 4.78 is 52.5. The number of hydrogen-bond acceptors (Lipinski definition) is 9. The fourth-order valence-corrected chi connectivity index (χ4v) is 3.80. The molecular weight excluding hydrogens is 464 g/mol. The number of pyridine rings is 1. The highest BCUT2D eigenvalue weighted by Crippen LogP contribution is 2.35. The fraction of sp³-hybridized carbons (Fsp3) is 0.304. The van der Waals surface area contributed by atoms with Gasteiger partial charge in [-0.2, -0.15) is 8.42 Å². The van der Waals surface area contributed by atoms with E-state index in [4.69, 9.17) is 28.3 Å². The molecule has 0 aliphatic rings. The Morgan fingerprint density at radius 1 is 0.912 bits per heavy atom. The van der Waals surface area contributed by atoms with Gasteiger partial charge in [0.1, 0.15) is 18.0 Å². The van der Waals surface area contributed by atoms with E-state index in [1.165, 1.54) is 14.2 Å². The second-order valence-corrected chi connectivity index (χ2v) is 8.64. The zero-order valence-corrected chi connectivity index (χ0v) is 20.1. The molecule has 10 nitrogen and oxygen atoms in total. The molecular formula is C23H26N2O8S. The van der Waals surface area contributed by atoms with Crippen molar-refractivity contribution in [3.63, 3.8) is 0 Å². The molecule has 11 heteroatoms. The number of fused-ring (bicyclic) bond motifs is 1. The Kier molecular flexibility index (Phi) is 8.13. The molecule has 0 radical (unpaired) electrons. The zero-order chi connectivity index (χ0) is 24.7. The summed E-state index contributed by atoms with van der Waals surface area (Å²) in [5.74, 6) is 1.68. The maximum atomic E-state index is 11.0. The summed E-state index contributed by atoms with van der Waals surface area (Å²) in [4.78, 5) is 9.96. The van der Waals surface area contributed by atoms with Crippen LogP contribution in [0.25, 0.3) is 10.8 Å². The second kappa shape index (κ2) is 11.0. The molecule has 0 spiro atoms. The molecule has 0 amide bonds. The van der Waals surface area contributed by atoms with Gasteiger partial charge in [0.25, 0.3) is 10.1 Å². The molecule has 182 valence electrons. The van der Waals surface area contributed by atoms with E-state index in [2.05, 4.69) is 10.1 Å². The monoisotopic (exact) mass is 490 g/mol. The minimum Gasteiger partial charge on any atom is -0.493 e. The summed E-state index contributed by atoms with van der Waals surface area (Å²) in [6.45, 7) is -0.0293. The van der Waals surface area contributed by atoms with Crippen molar-refractivity contribution < 1.29 is 36.8 Å². The van der Waals surface area contributed by atoms with Gasteiger partial charge in [0.15, 0.2) is 23.0 Å². The van der Waals surface area contributed by atoms with Crippen molar-refractivity contribution in [2.75, 3.05) is 40.8 Å². The van der Waals surface area contributed by atoms with E-state index in [0.717, 1.165) is 10.8 Å². The maximum absolute atomic E-state index is 11.0. The van der Waals surface area contributed by atoms with Crippen LogP contribution < -0.4 is 18.9 Å². The topological polar surface area (TPSA) is 126 Å². The quantitative estimate of drug-likeness (QED) is 0.186. The number of aromatic nitrogens is 1. The maximum Gasteiger partial charge on any atom is 0.264 e. The molecule has 1 N–H and O–H groups in total. The summed E-state index contributed by atoms with van der Waals surface area (Å²) in [7, 11) is 2.08. The molecule has 0 aliphatic heterocycles. The Bertz CT molecular complexity index is 1290. The number of oxime groups is 1. The highest BCUT2D eigenvalue weighted by atomic mass is 32.2. The predicted molar refractivity (Wildman–Crippen MR) is 127 cm³/mol. The Balaban J connectivity index is 2.12. The molecule has 3 rings (SSSR count). The van der Waals surface area contributed by atoms with Crippen LogP contribution in [0.3, 0.4) is 0 Å². The second-order valence-electron chi connectivity index (χ2n) is 7.07. The van der Waals surface area contributed by atoms with E-state index < -0.39 is 15.9 Å². The number of ether oxygens (including phenoxy) is 4. The van der Waals surface area contributed by atoms with Crippen LogP contribution in [0.4, 0.5) is 0 Å². The van der Waals surface area contributed by atoms with E-state index in [1.54, 1.807) is 44.7 Å². The molecule has 1 heterocycles. The molecule has 0 atom stereocenters. The van der Waals surface area contributed by atoms with Crippen molar-refractivity contribution in [2.45, 2.75) is 6.42 Å². The fourth-order valence-electron chi connectivity index (χ4n) is 3.32. The molecule has 0 bridgehead atoms. The molecule has 2 aromatic carbocycles. The normalized spacial score (nSPS) is 11.9. The van der Waals surface area contributed by atoms with E-state index in [9.17, 15) is 8.42 Å². The van der Waals surface area contributed by atoms with Crippen molar-refractivity contribution in [3.05, 3.63) is 53.9 Å². The lowest BCUT2D eigenvalue weighted by atomic mass is 10.0. The molecule has 34 heavy (non-hydrogen) atoms. The smallest absolute Gasteiger partial charge is 0.264 e. The van der Waals surface area contributed by atoms with Gasteiger partial charge in [-0.05, 0) is 41.8 Å². The van der Waals surface area contributed by atoms with E-state index in [-0.39, 0.29) is 13.0 Å². The zero-order valence-electron chi connectivity index (χ0n) is 19.3. The van der Waals surface area contributed by atoms with Crippen molar-refractivity contribution in [1.29, 1.82) is 0 Å². The van der Waals surface area contributed by atoms with E-state index in [1.807, 2.05) is 12.1 Å². The third kappa shape index (κ3) is 5.86. The molecule has 0 saturated carbocycles. The Morgan fingerprint density at radius 2 is 1.56 bits per heavy atom. The lowest BCUT2D eigenvalue weighted by Gasteiger charge is -2.14. The first-order chi connectivity index (χ1) is 16.3. The Labute approximate surface area is 197 Å². The molecule has 0 saturated heterocycles. The van der Waals surface area contributed by atoms with Crippen LogP contribution in [-0.2, 0) is 15.0 Å². The Hall–Kier alpha value is -3.57. The molecule has 1 aromatic heterocycles. The number of rotatable bonds is 11. The molecule has 0 unspecified atom stereocenters. The van der Waals surface area contributed by atoms with Crippen LogP contribution in [0, 0.1) is 0 Å². The lowest BCUT2D eigenvalue weighted by molar-refractivity contribution is 0.145. The summed E-state index contributed by atoms with van der Waals surface area (Å²) in [5, 5.41) is 5.84. The summed E-state index contributed by atoms with van der Waals surface area (Å²) in [5.41, 5.74) is 1.51. The highest BCUT2D eigenvalue weighted by molar-refractivity contribution is 7.85. The van der Waals surface area contributed by atoms with Crippen molar-refractivity contribution in [1.82, 2.24) is 4.98 Å². The van der Waals surface area contributed by atoms with Crippen molar-refractivity contribution in [2.24, 2.45) is 5.16 Å². The average Bonchev–Trinajstić information content (AvgIpc) is 2.84. The summed E-state index contributed by atoms with van der Waals surface area (Å²) in [6.07, 6.45) is 1.70. The van der Waals surface area contributed by atoms with E-state index >= 15 is 0 Å². The van der Waals surface area contributed by atoms with Gasteiger partial charge in [-0.15, -0.1) is 0 Å². The Morgan fingerprint density at radius 3 is 2.21 bits per heavy atom. The number of benzene rings is 2. The molecule has 3 aromatic rings. The number of methoxy groups -OCH3 is 4. The van der Waals surface area contributed by atoms with Crippen LogP contribution in [0.1, 0.15) is 17.7 Å². The van der Waals surface area contributed by atoms with Crippen LogP contribution >= 0.6 is 0 Å². The van der Waals surface area contributed by atoms with Gasteiger partial charge < -0.3 is 23.8 Å². The third-order valence-electron chi connectivity index (χ3n) is 4.94. The molecule has 0 aliphatic carbocycles. The molecule has 0 fully saturated rings. The van der Waals surface area contributed by atoms with Gasteiger partial charge in [-0.1, -0.05) is 5.16 Å². The van der Waals surface area contributed by atoms with Gasteiger partial charge in [0, 0.05) is 23.6 Å². The first kappa shape index (κ1) is 25.1. The van der Waals surface area contributed by atoms with Crippen molar-refractivity contribution >= 4 is 26.6 Å². The summed E-state index contributed by atoms with van der Waals surface area (Å²) in [6, 6.07) is 10.7. The predicted octanol–water partition coefficient (Wildman–Crippen LogP) is 3.32. The minimum atomic E-state index is -4.09. The van der Waals surface area contributed by atoms with Gasteiger partial charge in [-0.25, -0.2) is 0 Å². The van der Waals surface area contributed by atoms with Crippen LogP contribution in [-0.4, -0.2) is 64.5 Å². The average molecular weight is 491 g/mol. The number of hydrogen-bond donors (Lipinski definition) is 1. The standard InChI is InChI=1S/C23H26N2O8S/c1-29-18-7-6-16(13-19(18)30-2)22(25-33-10-5-11-34(26,27)28)23-17-14-21(32-4)20(31-3)12-15(17)8-9-24-23/h6-9,12-14H,5,10-11H2,1-4H3,(H,26,27,28)/b25-22-. The van der Waals surface area contributed by atoms with Crippen LogP contribution in [0.2, 0.25) is 0 Å². The van der Waals surface area contributed by atoms with Crippen molar-refractivity contribution in [3.8, 4) is 23.0 Å². The first-order valence-electron chi connectivity index (χ1n) is 10.2. The van der Waals surface area contributed by atoms with Gasteiger partial charge >= 0.3 is 0 Å². The van der Waals surface area contributed by atoms with Gasteiger partial charge in [0.2, 0.25) is 0 Å². The number of nitrogens with zero attached hydrogens (tertiary/aromatic N) is 2. The van der Waals surface area contributed by atoms with Crippen LogP contribution in [0.15, 0.2) is 47.8 Å². The summed E-state index contributed by atoms with van der Waals surface area (Å²) >= 11 is 0. The van der Waals surface area contributed by atoms with Crippen LogP contribution in [0.5, 0.6) is 23.0 Å². The van der Waals surface area contributed by atoms with E-state index in [0.29, 0.717) is 40.0 Å². The van der Waals surface area contributed by atoms with Gasteiger partial charge in [-0.3, -0.25) is 9.54 Å². The lowest BCUT2D eigenvalue weighted by Crippen LogP contribution is -2.10. The first-order valence-corrected chi connectivity index (χ1v) is 11.8.